The molecular formula is C10H16ClN. The largest absolute Gasteiger partial charge is 0.358 e. The van der Waals surface area contributed by atoms with Crippen molar-refractivity contribution in [1.29, 1.82) is 0 Å². The Balaban J connectivity index is 2.58. The molecular weight excluding hydrogens is 170 g/mol. The van der Waals surface area contributed by atoms with E-state index in [1.807, 2.05) is 6.08 Å². The van der Waals surface area contributed by atoms with Crippen LogP contribution >= 0.6 is 11.6 Å². The summed E-state index contributed by atoms with van der Waals surface area (Å²) in [7, 11) is 0. The van der Waals surface area contributed by atoms with Crippen LogP contribution in [0.5, 0.6) is 0 Å². The summed E-state index contributed by atoms with van der Waals surface area (Å²) < 4.78 is 0. The molecule has 0 aromatic rings. The third-order valence-electron chi connectivity index (χ3n) is 1.83. The molecule has 0 spiro atoms. The van der Waals surface area contributed by atoms with Gasteiger partial charge in [-0.25, -0.2) is 0 Å². The van der Waals surface area contributed by atoms with Gasteiger partial charge in [-0.15, -0.1) is 0 Å². The first-order valence-electron chi connectivity index (χ1n) is 4.37. The quantitative estimate of drug-likeness (QED) is 0.598. The molecule has 0 aromatic heterocycles. The number of nitrogens with zero attached hydrogens (tertiary/aromatic N) is 1. The van der Waals surface area contributed by atoms with Crippen LogP contribution in [0, 0.1) is 5.92 Å². The van der Waals surface area contributed by atoms with Crippen molar-refractivity contribution in [2.45, 2.75) is 20.8 Å². The summed E-state index contributed by atoms with van der Waals surface area (Å²) in [6.45, 7) is 8.57. The number of rotatable bonds is 2. The summed E-state index contributed by atoms with van der Waals surface area (Å²) in [5, 5.41) is 0.870. The van der Waals surface area contributed by atoms with E-state index in [1.165, 1.54) is 5.57 Å². The summed E-state index contributed by atoms with van der Waals surface area (Å²) in [5.41, 5.74) is 1.38. The Kier molecular flexibility index (Phi) is 3.21. The Hall–Kier alpha value is -0.430. The summed E-state index contributed by atoms with van der Waals surface area (Å²) in [6.07, 6.45) is 4.06. The molecule has 1 aliphatic rings. The van der Waals surface area contributed by atoms with E-state index in [4.69, 9.17) is 11.6 Å². The second kappa shape index (κ2) is 3.99. The van der Waals surface area contributed by atoms with Crippen LogP contribution in [-0.2, 0) is 0 Å². The molecule has 0 atom stereocenters. The van der Waals surface area contributed by atoms with Crippen molar-refractivity contribution in [1.82, 2.24) is 4.90 Å². The molecule has 68 valence electrons. The number of halogens is 1. The van der Waals surface area contributed by atoms with E-state index >= 15 is 0 Å². The Morgan fingerprint density at radius 3 is 2.75 bits per heavy atom. The van der Waals surface area contributed by atoms with Crippen molar-refractivity contribution < 1.29 is 0 Å². The van der Waals surface area contributed by atoms with Crippen LogP contribution in [0.25, 0.3) is 0 Å². The maximum Gasteiger partial charge on any atom is 0.105 e. The minimum Gasteiger partial charge on any atom is -0.358 e. The van der Waals surface area contributed by atoms with E-state index in [-0.39, 0.29) is 0 Å². The molecule has 0 amide bonds. The molecule has 0 fully saturated rings. The zero-order chi connectivity index (χ0) is 9.14. The van der Waals surface area contributed by atoms with Crippen molar-refractivity contribution in [2.24, 2.45) is 5.92 Å². The van der Waals surface area contributed by atoms with E-state index in [0.717, 1.165) is 18.2 Å². The van der Waals surface area contributed by atoms with Crippen LogP contribution in [-0.4, -0.2) is 18.0 Å². The van der Waals surface area contributed by atoms with Crippen LogP contribution in [0.15, 0.2) is 22.9 Å². The van der Waals surface area contributed by atoms with Crippen LogP contribution in [0.3, 0.4) is 0 Å². The van der Waals surface area contributed by atoms with Crippen LogP contribution in [0.4, 0.5) is 0 Å². The fourth-order valence-corrected chi connectivity index (χ4v) is 1.53. The first kappa shape index (κ1) is 9.66. The van der Waals surface area contributed by atoms with Crippen LogP contribution < -0.4 is 0 Å². The second-order valence-electron chi connectivity index (χ2n) is 3.78. The van der Waals surface area contributed by atoms with Crippen molar-refractivity contribution in [3.63, 3.8) is 0 Å². The highest BCUT2D eigenvalue weighted by molar-refractivity contribution is 6.29. The van der Waals surface area contributed by atoms with Gasteiger partial charge in [-0.05, 0) is 18.9 Å². The molecule has 1 nitrogen and oxygen atoms in total. The molecule has 0 saturated heterocycles. The van der Waals surface area contributed by atoms with Gasteiger partial charge in [0.05, 0.1) is 0 Å². The van der Waals surface area contributed by atoms with Gasteiger partial charge in [-0.2, -0.15) is 0 Å². The van der Waals surface area contributed by atoms with Gasteiger partial charge in [-0.3, -0.25) is 0 Å². The van der Waals surface area contributed by atoms with Gasteiger partial charge in [0.1, 0.15) is 5.16 Å². The molecule has 2 heteroatoms. The van der Waals surface area contributed by atoms with Crippen molar-refractivity contribution in [3.05, 3.63) is 22.9 Å². The molecule has 0 radical (unpaired) electrons. The second-order valence-corrected chi connectivity index (χ2v) is 4.16. The predicted molar refractivity (Wildman–Crippen MR) is 54.1 cm³/mol. The lowest BCUT2D eigenvalue weighted by atomic mass is 10.1. The Bertz CT molecular complexity index is 216. The fraction of sp³-hybridized carbons (Fsp3) is 0.600. The Morgan fingerprint density at radius 2 is 2.17 bits per heavy atom. The standard InChI is InChI=1S/C10H16ClN/c1-8(2)6-12-7-9(3)4-5-10(12)11/h4-5,8H,6-7H2,1-3H3. The normalized spacial score (nSPS) is 17.9. The zero-order valence-electron chi connectivity index (χ0n) is 7.97. The predicted octanol–water partition coefficient (Wildman–Crippen LogP) is 2.98. The average molecular weight is 186 g/mol. The molecule has 1 rings (SSSR count). The SMILES string of the molecule is CC1=CC=C(Cl)N(CC(C)C)C1. The highest BCUT2D eigenvalue weighted by Gasteiger charge is 2.12. The average Bonchev–Trinajstić information content (AvgIpc) is 1.96. The van der Waals surface area contributed by atoms with E-state index in [2.05, 4.69) is 31.7 Å². The molecule has 12 heavy (non-hydrogen) atoms. The van der Waals surface area contributed by atoms with E-state index in [9.17, 15) is 0 Å². The van der Waals surface area contributed by atoms with E-state index in [1.54, 1.807) is 0 Å². The lowest BCUT2D eigenvalue weighted by Crippen LogP contribution is -2.28. The molecule has 0 N–H and O–H groups in total. The molecule has 0 aromatic carbocycles. The first-order chi connectivity index (χ1) is 5.59. The molecule has 1 aliphatic heterocycles. The maximum absolute atomic E-state index is 6.03. The van der Waals surface area contributed by atoms with E-state index < -0.39 is 0 Å². The number of hydrogen-bond donors (Lipinski definition) is 0. The number of hydrogen-bond acceptors (Lipinski definition) is 1. The lowest BCUT2D eigenvalue weighted by molar-refractivity contribution is 0.340. The van der Waals surface area contributed by atoms with Gasteiger partial charge < -0.3 is 4.90 Å². The monoisotopic (exact) mass is 185 g/mol. The van der Waals surface area contributed by atoms with Crippen molar-refractivity contribution >= 4 is 11.6 Å². The summed E-state index contributed by atoms with van der Waals surface area (Å²) in [5.74, 6) is 0.665. The van der Waals surface area contributed by atoms with Gasteiger partial charge in [0.25, 0.3) is 0 Å². The molecule has 0 aliphatic carbocycles. The molecule has 0 bridgehead atoms. The Labute approximate surface area is 79.7 Å². The third kappa shape index (κ3) is 2.56. The van der Waals surface area contributed by atoms with Gasteiger partial charge in [0.15, 0.2) is 0 Å². The van der Waals surface area contributed by atoms with Gasteiger partial charge in [-0.1, -0.05) is 37.1 Å². The highest BCUT2D eigenvalue weighted by atomic mass is 35.5. The summed E-state index contributed by atoms with van der Waals surface area (Å²) in [6, 6.07) is 0. The Morgan fingerprint density at radius 1 is 1.50 bits per heavy atom. The topological polar surface area (TPSA) is 3.24 Å². The maximum atomic E-state index is 6.03. The van der Waals surface area contributed by atoms with Crippen LogP contribution in [0.2, 0.25) is 0 Å². The van der Waals surface area contributed by atoms with Gasteiger partial charge in [0.2, 0.25) is 0 Å². The van der Waals surface area contributed by atoms with E-state index in [0.29, 0.717) is 5.92 Å². The van der Waals surface area contributed by atoms with Gasteiger partial charge in [0, 0.05) is 13.1 Å². The molecule has 1 heterocycles. The smallest absolute Gasteiger partial charge is 0.105 e. The first-order valence-corrected chi connectivity index (χ1v) is 4.75. The minimum atomic E-state index is 0.665. The summed E-state index contributed by atoms with van der Waals surface area (Å²) in [4.78, 5) is 2.21. The lowest BCUT2D eigenvalue weighted by Gasteiger charge is -2.28. The molecule has 0 unspecified atom stereocenters. The molecule has 0 saturated carbocycles. The van der Waals surface area contributed by atoms with Crippen molar-refractivity contribution in [2.75, 3.05) is 13.1 Å². The fourth-order valence-electron chi connectivity index (χ4n) is 1.34. The zero-order valence-corrected chi connectivity index (χ0v) is 8.73. The summed E-state index contributed by atoms with van der Waals surface area (Å²) >= 11 is 6.03. The highest BCUT2D eigenvalue weighted by Crippen LogP contribution is 2.18. The minimum absolute atomic E-state index is 0.665. The van der Waals surface area contributed by atoms with Gasteiger partial charge >= 0.3 is 0 Å². The van der Waals surface area contributed by atoms with Crippen LogP contribution in [0.1, 0.15) is 20.8 Å². The number of allylic oxidation sites excluding steroid dienone is 2. The third-order valence-corrected chi connectivity index (χ3v) is 2.20. The van der Waals surface area contributed by atoms with Crippen molar-refractivity contribution in [3.8, 4) is 0 Å².